The monoisotopic (exact) mass is 289 g/mol. The Kier molecular flexibility index (Phi) is 4.51. The van der Waals surface area contributed by atoms with Crippen LogP contribution in [-0.4, -0.2) is 24.4 Å². The van der Waals surface area contributed by atoms with E-state index in [2.05, 4.69) is 19.2 Å². The van der Waals surface area contributed by atoms with E-state index in [1.165, 1.54) is 30.4 Å². The Balaban J connectivity index is 1.62. The van der Waals surface area contributed by atoms with Crippen molar-refractivity contribution in [1.29, 1.82) is 0 Å². The molecule has 21 heavy (non-hydrogen) atoms. The Hall–Kier alpha value is -1.06. The van der Waals surface area contributed by atoms with Gasteiger partial charge in [-0.15, -0.1) is 0 Å². The summed E-state index contributed by atoms with van der Waals surface area (Å²) in [6.45, 7) is 6.30. The highest BCUT2D eigenvalue weighted by Crippen LogP contribution is 2.45. The minimum atomic E-state index is 0.290. The molecule has 1 heterocycles. The molecular formula is C18H27NO2. The third-order valence-electron chi connectivity index (χ3n) is 5.04. The number of rotatable bonds is 4. The topological polar surface area (TPSA) is 41.5 Å². The second-order valence-corrected chi connectivity index (χ2v) is 6.65. The number of hydrogen-bond donors (Lipinski definition) is 2. The first-order valence-corrected chi connectivity index (χ1v) is 8.34. The van der Waals surface area contributed by atoms with E-state index >= 15 is 0 Å². The van der Waals surface area contributed by atoms with Crippen LogP contribution in [0, 0.1) is 6.92 Å². The molecule has 0 aromatic heterocycles. The molecule has 1 fully saturated rings. The Morgan fingerprint density at radius 3 is 2.90 bits per heavy atom. The van der Waals surface area contributed by atoms with E-state index < -0.39 is 0 Å². The molecule has 1 aromatic rings. The number of nitrogens with one attached hydrogen (secondary N) is 1. The summed E-state index contributed by atoms with van der Waals surface area (Å²) in [5.41, 5.74) is 3.78. The zero-order chi connectivity index (χ0) is 14.8. The molecule has 1 aromatic carbocycles. The lowest BCUT2D eigenvalue weighted by Crippen LogP contribution is -2.27. The summed E-state index contributed by atoms with van der Waals surface area (Å²) in [5, 5.41) is 13.9. The van der Waals surface area contributed by atoms with Gasteiger partial charge in [0.2, 0.25) is 0 Å². The van der Waals surface area contributed by atoms with Crippen molar-refractivity contribution < 1.29 is 9.84 Å². The van der Waals surface area contributed by atoms with Gasteiger partial charge in [0.15, 0.2) is 0 Å². The molecule has 0 radical (unpaired) electrons. The highest BCUT2D eigenvalue weighted by atomic mass is 16.5. The predicted octanol–water partition coefficient (Wildman–Crippen LogP) is 3.80. The summed E-state index contributed by atoms with van der Waals surface area (Å²) in [7, 11) is 0. The minimum absolute atomic E-state index is 0.290. The second-order valence-electron chi connectivity index (χ2n) is 6.65. The number of ether oxygens (including phenoxy) is 1. The van der Waals surface area contributed by atoms with Crippen LogP contribution in [0.25, 0.3) is 0 Å². The number of phenolic OH excluding ortho intramolecular Hbond substituents is 1. The summed E-state index contributed by atoms with van der Waals surface area (Å²) in [6.07, 6.45) is 6.30. The Morgan fingerprint density at radius 2 is 2.14 bits per heavy atom. The zero-order valence-electron chi connectivity index (χ0n) is 13.2. The van der Waals surface area contributed by atoms with Crippen LogP contribution in [0.15, 0.2) is 12.1 Å². The fourth-order valence-electron chi connectivity index (χ4n) is 3.98. The molecule has 0 bridgehead atoms. The van der Waals surface area contributed by atoms with Crippen molar-refractivity contribution in [2.45, 2.75) is 64.0 Å². The zero-order valence-corrected chi connectivity index (χ0v) is 13.2. The fraction of sp³-hybridized carbons (Fsp3) is 0.667. The summed E-state index contributed by atoms with van der Waals surface area (Å²) in [6, 6.07) is 4.16. The van der Waals surface area contributed by atoms with Crippen molar-refractivity contribution in [2.24, 2.45) is 0 Å². The maximum atomic E-state index is 10.2. The van der Waals surface area contributed by atoms with Crippen molar-refractivity contribution in [3.8, 4) is 5.75 Å². The lowest BCUT2D eigenvalue weighted by atomic mass is 9.97. The SMILES string of the molecule is Cc1ccc(O)c2c1C(C)CC2NCCC1CCCCO1. The third kappa shape index (κ3) is 3.09. The summed E-state index contributed by atoms with van der Waals surface area (Å²) in [5.74, 6) is 0.974. The molecular weight excluding hydrogens is 262 g/mol. The normalized spacial score (nSPS) is 28.6. The molecule has 3 atom stereocenters. The summed E-state index contributed by atoms with van der Waals surface area (Å²) >= 11 is 0. The van der Waals surface area contributed by atoms with E-state index in [4.69, 9.17) is 4.74 Å². The van der Waals surface area contributed by atoms with Gasteiger partial charge in [0.25, 0.3) is 0 Å². The smallest absolute Gasteiger partial charge is 0.120 e. The van der Waals surface area contributed by atoms with Crippen LogP contribution in [0.3, 0.4) is 0 Å². The lowest BCUT2D eigenvalue weighted by Gasteiger charge is -2.23. The lowest BCUT2D eigenvalue weighted by molar-refractivity contribution is 0.0112. The second kappa shape index (κ2) is 6.37. The molecule has 0 saturated carbocycles. The van der Waals surface area contributed by atoms with Crippen LogP contribution < -0.4 is 5.32 Å². The van der Waals surface area contributed by atoms with Gasteiger partial charge in [0, 0.05) is 18.2 Å². The maximum absolute atomic E-state index is 10.2. The fourth-order valence-corrected chi connectivity index (χ4v) is 3.98. The van der Waals surface area contributed by atoms with Crippen LogP contribution >= 0.6 is 0 Å². The molecule has 2 N–H and O–H groups in total. The molecule has 1 aliphatic heterocycles. The van der Waals surface area contributed by atoms with Gasteiger partial charge in [-0.05, 0) is 68.7 Å². The molecule has 0 spiro atoms. The van der Waals surface area contributed by atoms with E-state index in [0.29, 0.717) is 23.8 Å². The Bertz CT molecular complexity index is 494. The Labute approximate surface area is 127 Å². The third-order valence-corrected chi connectivity index (χ3v) is 5.04. The quantitative estimate of drug-likeness (QED) is 0.886. The number of fused-ring (bicyclic) bond motifs is 1. The molecule has 3 unspecified atom stereocenters. The van der Waals surface area contributed by atoms with E-state index in [1.54, 1.807) is 0 Å². The number of aromatic hydroxyl groups is 1. The van der Waals surface area contributed by atoms with Crippen LogP contribution in [0.4, 0.5) is 0 Å². The number of benzene rings is 1. The van der Waals surface area contributed by atoms with Crippen molar-refractivity contribution in [3.05, 3.63) is 28.8 Å². The molecule has 0 amide bonds. The van der Waals surface area contributed by atoms with Gasteiger partial charge < -0.3 is 15.2 Å². The van der Waals surface area contributed by atoms with Crippen LogP contribution in [0.1, 0.15) is 67.7 Å². The highest BCUT2D eigenvalue weighted by molar-refractivity contribution is 5.50. The van der Waals surface area contributed by atoms with Gasteiger partial charge in [-0.2, -0.15) is 0 Å². The van der Waals surface area contributed by atoms with Crippen molar-refractivity contribution >= 4 is 0 Å². The van der Waals surface area contributed by atoms with E-state index in [9.17, 15) is 5.11 Å². The van der Waals surface area contributed by atoms with Gasteiger partial charge >= 0.3 is 0 Å². The summed E-state index contributed by atoms with van der Waals surface area (Å²) in [4.78, 5) is 0. The van der Waals surface area contributed by atoms with Crippen molar-refractivity contribution in [2.75, 3.05) is 13.2 Å². The Morgan fingerprint density at radius 1 is 1.29 bits per heavy atom. The van der Waals surface area contributed by atoms with Gasteiger partial charge in [0.1, 0.15) is 5.75 Å². The molecule has 3 rings (SSSR count). The number of aryl methyl sites for hydroxylation is 1. The highest BCUT2D eigenvalue weighted by Gasteiger charge is 2.31. The van der Waals surface area contributed by atoms with Gasteiger partial charge in [-0.3, -0.25) is 0 Å². The standard InChI is InChI=1S/C18H27NO2/c1-12-6-7-16(20)18-15(11-13(2)17(12)18)19-9-8-14-5-3-4-10-21-14/h6-7,13-15,19-20H,3-5,8-11H2,1-2H3. The first-order valence-electron chi connectivity index (χ1n) is 8.34. The number of hydrogen-bond acceptors (Lipinski definition) is 3. The van der Waals surface area contributed by atoms with E-state index in [0.717, 1.165) is 31.6 Å². The molecule has 1 saturated heterocycles. The maximum Gasteiger partial charge on any atom is 0.120 e. The molecule has 3 nitrogen and oxygen atoms in total. The van der Waals surface area contributed by atoms with E-state index in [-0.39, 0.29) is 0 Å². The first kappa shape index (κ1) is 14.9. The molecule has 2 aliphatic rings. The average Bonchev–Trinajstić information content (AvgIpc) is 2.82. The minimum Gasteiger partial charge on any atom is -0.508 e. The molecule has 116 valence electrons. The van der Waals surface area contributed by atoms with Crippen LogP contribution in [-0.2, 0) is 4.74 Å². The first-order chi connectivity index (χ1) is 10.2. The van der Waals surface area contributed by atoms with E-state index in [1.807, 2.05) is 12.1 Å². The number of phenols is 1. The summed E-state index contributed by atoms with van der Waals surface area (Å²) < 4.78 is 5.79. The van der Waals surface area contributed by atoms with Crippen LogP contribution in [0.2, 0.25) is 0 Å². The van der Waals surface area contributed by atoms with Gasteiger partial charge in [0.05, 0.1) is 6.10 Å². The van der Waals surface area contributed by atoms with Crippen molar-refractivity contribution in [3.63, 3.8) is 0 Å². The van der Waals surface area contributed by atoms with Gasteiger partial charge in [-0.1, -0.05) is 13.0 Å². The molecule has 3 heteroatoms. The van der Waals surface area contributed by atoms with Crippen molar-refractivity contribution in [1.82, 2.24) is 5.32 Å². The predicted molar refractivity (Wildman–Crippen MR) is 84.8 cm³/mol. The average molecular weight is 289 g/mol. The van der Waals surface area contributed by atoms with Gasteiger partial charge in [-0.25, -0.2) is 0 Å². The van der Waals surface area contributed by atoms with Crippen LogP contribution in [0.5, 0.6) is 5.75 Å². The largest absolute Gasteiger partial charge is 0.508 e. The molecule has 1 aliphatic carbocycles.